The van der Waals surface area contributed by atoms with Crippen molar-refractivity contribution in [2.24, 2.45) is 4.99 Å². The van der Waals surface area contributed by atoms with Crippen molar-refractivity contribution in [1.29, 1.82) is 0 Å². The highest BCUT2D eigenvalue weighted by atomic mass is 16.5. The summed E-state index contributed by atoms with van der Waals surface area (Å²) in [4.78, 5) is 24.2. The number of para-hydroxylation sites is 1. The number of H-pyrrole nitrogens is 1. The van der Waals surface area contributed by atoms with Crippen molar-refractivity contribution < 1.29 is 4.74 Å². The third-order valence-corrected chi connectivity index (χ3v) is 5.10. The summed E-state index contributed by atoms with van der Waals surface area (Å²) in [6, 6.07) is 8.23. The van der Waals surface area contributed by atoms with Gasteiger partial charge in [-0.1, -0.05) is 38.0 Å². The van der Waals surface area contributed by atoms with E-state index in [1.807, 2.05) is 24.5 Å². The normalized spacial score (nSPS) is 14.9. The standard InChI is InChI=1S/C22H28N6O/c1-2-3-4-9-20-25-21(27-22(26-20)28-10-12-29-13-11-28)16-23-14-17-15-24-19-8-6-5-7-18(17)19/h5-8,14-15,24H,2-4,9-13,16H2,1H3. The number of fused-ring (bicyclic) bond motifs is 1. The topological polar surface area (TPSA) is 79.3 Å². The lowest BCUT2D eigenvalue weighted by molar-refractivity contribution is 0.122. The fourth-order valence-corrected chi connectivity index (χ4v) is 3.50. The maximum Gasteiger partial charge on any atom is 0.229 e. The molecule has 1 N–H and O–H groups in total. The highest BCUT2D eigenvalue weighted by molar-refractivity contribution is 5.98. The minimum atomic E-state index is 0.445. The summed E-state index contributed by atoms with van der Waals surface area (Å²) in [5, 5.41) is 1.17. The molecule has 1 aliphatic heterocycles. The number of anilines is 1. The lowest BCUT2D eigenvalue weighted by atomic mass is 10.2. The van der Waals surface area contributed by atoms with Crippen molar-refractivity contribution in [3.63, 3.8) is 0 Å². The lowest BCUT2D eigenvalue weighted by Crippen LogP contribution is -2.37. The molecule has 0 atom stereocenters. The monoisotopic (exact) mass is 392 g/mol. The molecule has 0 unspecified atom stereocenters. The lowest BCUT2D eigenvalue weighted by Gasteiger charge is -2.27. The number of morpholine rings is 1. The number of hydrogen-bond acceptors (Lipinski definition) is 6. The van der Waals surface area contributed by atoms with E-state index in [9.17, 15) is 0 Å². The van der Waals surface area contributed by atoms with Crippen molar-refractivity contribution >= 4 is 23.1 Å². The van der Waals surface area contributed by atoms with Crippen LogP contribution in [0.1, 0.15) is 43.4 Å². The van der Waals surface area contributed by atoms with Gasteiger partial charge >= 0.3 is 0 Å². The van der Waals surface area contributed by atoms with E-state index in [0.29, 0.717) is 19.8 Å². The van der Waals surface area contributed by atoms with E-state index in [2.05, 4.69) is 38.9 Å². The van der Waals surface area contributed by atoms with Gasteiger partial charge in [-0.3, -0.25) is 4.99 Å². The molecule has 1 aliphatic rings. The number of aryl methyl sites for hydroxylation is 1. The molecule has 7 heteroatoms. The smallest absolute Gasteiger partial charge is 0.229 e. The molecule has 1 saturated heterocycles. The molecule has 3 aromatic rings. The second-order valence-electron chi connectivity index (χ2n) is 7.28. The average Bonchev–Trinajstić information content (AvgIpc) is 3.18. The summed E-state index contributed by atoms with van der Waals surface area (Å²) in [5.74, 6) is 2.35. The van der Waals surface area contributed by atoms with E-state index < -0.39 is 0 Å². The maximum absolute atomic E-state index is 5.46. The number of nitrogens with zero attached hydrogens (tertiary/aromatic N) is 5. The fraction of sp³-hybridized carbons (Fsp3) is 0.455. The number of benzene rings is 1. The van der Waals surface area contributed by atoms with Crippen LogP contribution in [0.5, 0.6) is 0 Å². The van der Waals surface area contributed by atoms with Crippen molar-refractivity contribution in [3.05, 3.63) is 47.7 Å². The maximum atomic E-state index is 5.46. The molecule has 0 aliphatic carbocycles. The van der Waals surface area contributed by atoms with Crippen LogP contribution in [0.4, 0.5) is 5.95 Å². The SMILES string of the molecule is CCCCCc1nc(CN=Cc2c[nH]c3ccccc23)nc(N2CCOCC2)n1. The molecule has 2 aromatic heterocycles. The number of nitrogens with one attached hydrogen (secondary N) is 1. The van der Waals surface area contributed by atoms with Gasteiger partial charge in [0.15, 0.2) is 5.82 Å². The molecule has 152 valence electrons. The van der Waals surface area contributed by atoms with E-state index >= 15 is 0 Å². The van der Waals surface area contributed by atoms with Gasteiger partial charge in [-0.2, -0.15) is 9.97 Å². The van der Waals surface area contributed by atoms with Gasteiger partial charge in [0, 0.05) is 48.4 Å². The molecule has 4 rings (SSSR count). The van der Waals surface area contributed by atoms with E-state index in [0.717, 1.165) is 54.6 Å². The number of aliphatic imine (C=N–C) groups is 1. The molecule has 1 aromatic carbocycles. The zero-order valence-electron chi connectivity index (χ0n) is 17.0. The number of rotatable bonds is 8. The third kappa shape index (κ3) is 4.98. The first kappa shape index (κ1) is 19.5. The quantitative estimate of drug-likeness (QED) is 0.468. The van der Waals surface area contributed by atoms with Crippen LogP contribution in [0.15, 0.2) is 35.5 Å². The number of aromatic nitrogens is 4. The van der Waals surface area contributed by atoms with Gasteiger partial charge in [0.1, 0.15) is 5.82 Å². The molecular weight excluding hydrogens is 364 g/mol. The number of unbranched alkanes of at least 4 members (excludes halogenated alkanes) is 2. The highest BCUT2D eigenvalue weighted by Gasteiger charge is 2.16. The first-order valence-electron chi connectivity index (χ1n) is 10.5. The van der Waals surface area contributed by atoms with E-state index in [1.54, 1.807) is 0 Å². The van der Waals surface area contributed by atoms with Gasteiger partial charge in [-0.05, 0) is 12.5 Å². The average molecular weight is 393 g/mol. The summed E-state index contributed by atoms with van der Waals surface area (Å²) in [7, 11) is 0. The van der Waals surface area contributed by atoms with E-state index in [-0.39, 0.29) is 0 Å². The van der Waals surface area contributed by atoms with E-state index in [1.165, 1.54) is 18.2 Å². The summed E-state index contributed by atoms with van der Waals surface area (Å²) in [6.45, 7) is 5.71. The minimum absolute atomic E-state index is 0.445. The van der Waals surface area contributed by atoms with Crippen molar-refractivity contribution in [3.8, 4) is 0 Å². The van der Waals surface area contributed by atoms with Crippen LogP contribution in [0.3, 0.4) is 0 Å². The van der Waals surface area contributed by atoms with Crippen LogP contribution >= 0.6 is 0 Å². The fourth-order valence-electron chi connectivity index (χ4n) is 3.50. The molecule has 3 heterocycles. The Labute approximate surface area is 171 Å². The Balaban J connectivity index is 1.52. The predicted octanol–water partition coefficient (Wildman–Crippen LogP) is 3.54. The van der Waals surface area contributed by atoms with Crippen molar-refractivity contribution in [1.82, 2.24) is 19.9 Å². The molecule has 1 fully saturated rings. The molecule has 0 spiro atoms. The Morgan fingerprint density at radius 1 is 1.10 bits per heavy atom. The van der Waals surface area contributed by atoms with Crippen molar-refractivity contribution in [2.45, 2.75) is 39.2 Å². The third-order valence-electron chi connectivity index (χ3n) is 5.10. The van der Waals surface area contributed by atoms with Crippen LogP contribution in [0.2, 0.25) is 0 Å². The molecule has 7 nitrogen and oxygen atoms in total. The largest absolute Gasteiger partial charge is 0.378 e. The minimum Gasteiger partial charge on any atom is -0.378 e. The molecule has 0 amide bonds. The van der Waals surface area contributed by atoms with Crippen LogP contribution < -0.4 is 4.90 Å². The molecular formula is C22H28N6O. The van der Waals surface area contributed by atoms with Crippen LogP contribution in [-0.4, -0.2) is 52.5 Å². The molecule has 0 bridgehead atoms. The highest BCUT2D eigenvalue weighted by Crippen LogP contribution is 2.16. The number of hydrogen-bond donors (Lipinski definition) is 1. The van der Waals surface area contributed by atoms with Gasteiger partial charge in [0.05, 0.1) is 19.8 Å². The number of aromatic amines is 1. The van der Waals surface area contributed by atoms with Crippen molar-refractivity contribution in [2.75, 3.05) is 31.2 Å². The Morgan fingerprint density at radius 2 is 1.93 bits per heavy atom. The Kier molecular flexibility index (Phi) is 6.46. The summed E-state index contributed by atoms with van der Waals surface area (Å²) < 4.78 is 5.46. The van der Waals surface area contributed by atoms with Crippen LogP contribution in [0, 0.1) is 0 Å². The summed E-state index contributed by atoms with van der Waals surface area (Å²) in [6.07, 6.45) is 8.23. The Morgan fingerprint density at radius 3 is 2.79 bits per heavy atom. The van der Waals surface area contributed by atoms with Gasteiger partial charge in [-0.25, -0.2) is 4.98 Å². The van der Waals surface area contributed by atoms with Gasteiger partial charge < -0.3 is 14.6 Å². The predicted molar refractivity (Wildman–Crippen MR) is 116 cm³/mol. The summed E-state index contributed by atoms with van der Waals surface area (Å²) >= 11 is 0. The molecule has 0 saturated carbocycles. The van der Waals surface area contributed by atoms with E-state index in [4.69, 9.17) is 14.7 Å². The van der Waals surface area contributed by atoms with Gasteiger partial charge in [0.2, 0.25) is 5.95 Å². The molecule has 0 radical (unpaired) electrons. The Hall–Kier alpha value is -2.80. The first-order valence-corrected chi connectivity index (χ1v) is 10.5. The second kappa shape index (κ2) is 9.60. The summed E-state index contributed by atoms with van der Waals surface area (Å²) in [5.41, 5.74) is 2.19. The first-order chi connectivity index (χ1) is 14.3. The van der Waals surface area contributed by atoms with Gasteiger partial charge in [-0.15, -0.1) is 0 Å². The zero-order chi connectivity index (χ0) is 19.9. The Bertz CT molecular complexity index is 961. The molecule has 29 heavy (non-hydrogen) atoms. The van der Waals surface area contributed by atoms with Crippen LogP contribution in [0.25, 0.3) is 10.9 Å². The van der Waals surface area contributed by atoms with Crippen LogP contribution in [-0.2, 0) is 17.7 Å². The number of ether oxygens (including phenoxy) is 1. The zero-order valence-corrected chi connectivity index (χ0v) is 17.0. The second-order valence-corrected chi connectivity index (χ2v) is 7.28. The van der Waals surface area contributed by atoms with Gasteiger partial charge in [0.25, 0.3) is 0 Å².